The van der Waals surface area contributed by atoms with Crippen LogP contribution in [0.2, 0.25) is 0 Å². The van der Waals surface area contributed by atoms with Crippen molar-refractivity contribution >= 4 is 27.5 Å². The maximum Gasteiger partial charge on any atom is 0.233 e. The van der Waals surface area contributed by atoms with Crippen molar-refractivity contribution in [2.75, 3.05) is 24.3 Å². The Hall–Kier alpha value is -2.14. The van der Waals surface area contributed by atoms with Crippen LogP contribution in [-0.2, 0) is 21.2 Å². The van der Waals surface area contributed by atoms with Gasteiger partial charge in [0.05, 0.1) is 17.3 Å². The van der Waals surface area contributed by atoms with Gasteiger partial charge in [-0.3, -0.25) is 9.36 Å². The summed E-state index contributed by atoms with van der Waals surface area (Å²) in [6, 6.07) is 6.13. The van der Waals surface area contributed by atoms with Gasteiger partial charge in [0.2, 0.25) is 5.91 Å². The highest BCUT2D eigenvalue weighted by Gasteiger charge is 2.43. The zero-order valence-electron chi connectivity index (χ0n) is 20.7. The van der Waals surface area contributed by atoms with E-state index in [1.807, 2.05) is 0 Å². The number of ether oxygens (including phenoxy) is 1. The average Bonchev–Trinajstić information content (AvgIpc) is 3.65. The molecule has 3 fully saturated rings. The standard InChI is InChI=1S/C25H33FN4O4S2/c1-16(20-12-17-7-8-18(20)11-17)30-23(13-34-22-6-4-3-5-21(22)26)27-28-25(30)35-14-24(31)29(2)19-9-10-36(32,33)15-19/h3-6,16-20H,7-15H2,1-2H3/t16-,17+,18+,19+,20+/m0/s1. The fourth-order valence-electron chi connectivity index (χ4n) is 6.21. The third kappa shape index (κ3) is 5.27. The first-order chi connectivity index (χ1) is 17.2. The van der Waals surface area contributed by atoms with Crippen LogP contribution in [0.1, 0.15) is 50.9 Å². The molecule has 1 aromatic carbocycles. The van der Waals surface area contributed by atoms with Gasteiger partial charge in [-0.05, 0) is 62.5 Å². The van der Waals surface area contributed by atoms with Gasteiger partial charge in [0.15, 0.2) is 32.4 Å². The number of sulfone groups is 1. The number of amides is 1. The number of halogens is 1. The smallest absolute Gasteiger partial charge is 0.233 e. The molecule has 0 radical (unpaired) electrons. The van der Waals surface area contributed by atoms with Gasteiger partial charge in [-0.1, -0.05) is 30.3 Å². The van der Waals surface area contributed by atoms with E-state index < -0.39 is 15.7 Å². The van der Waals surface area contributed by atoms with E-state index in [1.54, 1.807) is 30.1 Å². The van der Waals surface area contributed by atoms with E-state index in [2.05, 4.69) is 21.7 Å². The number of thioether (sulfide) groups is 1. The maximum atomic E-state index is 14.1. The topological polar surface area (TPSA) is 94.4 Å². The molecule has 36 heavy (non-hydrogen) atoms. The second-order valence-electron chi connectivity index (χ2n) is 10.4. The predicted octanol–water partition coefficient (Wildman–Crippen LogP) is 3.73. The molecule has 5 rings (SSSR count). The van der Waals surface area contributed by atoms with Crippen LogP contribution in [0.25, 0.3) is 0 Å². The predicted molar refractivity (Wildman–Crippen MR) is 135 cm³/mol. The summed E-state index contributed by atoms with van der Waals surface area (Å²) in [4.78, 5) is 14.5. The van der Waals surface area contributed by atoms with Crippen LogP contribution in [0.3, 0.4) is 0 Å². The number of aromatic nitrogens is 3. The van der Waals surface area contributed by atoms with Crippen molar-refractivity contribution in [2.45, 2.75) is 62.9 Å². The Balaban J connectivity index is 1.32. The zero-order chi connectivity index (χ0) is 25.4. The van der Waals surface area contributed by atoms with Gasteiger partial charge in [0.1, 0.15) is 6.61 Å². The highest BCUT2D eigenvalue weighted by atomic mass is 32.2. The molecule has 11 heteroatoms. The largest absolute Gasteiger partial charge is 0.483 e. The van der Waals surface area contributed by atoms with Gasteiger partial charge in [-0.2, -0.15) is 0 Å². The molecule has 1 aromatic heterocycles. The second-order valence-corrected chi connectivity index (χ2v) is 13.6. The molecule has 2 saturated carbocycles. The summed E-state index contributed by atoms with van der Waals surface area (Å²) in [5.41, 5.74) is 0. The first kappa shape index (κ1) is 25.5. The second kappa shape index (κ2) is 10.3. The van der Waals surface area contributed by atoms with Crippen molar-refractivity contribution in [3.05, 3.63) is 35.9 Å². The Kier molecular flexibility index (Phi) is 7.31. The number of carbonyl (C=O) groups excluding carboxylic acids is 1. The third-order valence-corrected chi connectivity index (χ3v) is 10.9. The van der Waals surface area contributed by atoms with Crippen molar-refractivity contribution in [3.8, 4) is 5.75 Å². The minimum atomic E-state index is -3.07. The number of para-hydroxylation sites is 1. The van der Waals surface area contributed by atoms with E-state index in [0.29, 0.717) is 29.2 Å². The number of nitrogens with zero attached hydrogens (tertiary/aromatic N) is 4. The summed E-state index contributed by atoms with van der Waals surface area (Å²) >= 11 is 1.31. The fourth-order valence-corrected chi connectivity index (χ4v) is 8.95. The molecule has 1 saturated heterocycles. The molecule has 2 aliphatic carbocycles. The summed E-state index contributed by atoms with van der Waals surface area (Å²) < 4.78 is 45.6. The first-order valence-electron chi connectivity index (χ1n) is 12.6. The molecular weight excluding hydrogens is 503 g/mol. The molecular formula is C25H33FN4O4S2. The van der Waals surface area contributed by atoms with E-state index in [-0.39, 0.29) is 47.6 Å². The Morgan fingerprint density at radius 2 is 2.06 bits per heavy atom. The number of benzene rings is 1. The first-order valence-corrected chi connectivity index (χ1v) is 15.4. The Labute approximate surface area is 215 Å². The van der Waals surface area contributed by atoms with Gasteiger partial charge < -0.3 is 9.64 Å². The molecule has 2 bridgehead atoms. The lowest BCUT2D eigenvalue weighted by Gasteiger charge is -2.30. The van der Waals surface area contributed by atoms with Gasteiger partial charge in [0.25, 0.3) is 0 Å². The molecule has 196 valence electrons. The number of hydrogen-bond acceptors (Lipinski definition) is 7. The molecule has 2 aromatic rings. The minimum absolute atomic E-state index is 0.0227. The lowest BCUT2D eigenvalue weighted by atomic mass is 9.84. The van der Waals surface area contributed by atoms with Crippen molar-refractivity contribution in [2.24, 2.45) is 17.8 Å². The monoisotopic (exact) mass is 536 g/mol. The molecule has 0 N–H and O–H groups in total. The fraction of sp³-hybridized carbons (Fsp3) is 0.640. The quantitative estimate of drug-likeness (QED) is 0.451. The summed E-state index contributed by atoms with van der Waals surface area (Å²) in [5.74, 6) is 2.48. The molecule has 8 nitrogen and oxygen atoms in total. The van der Waals surface area contributed by atoms with E-state index in [4.69, 9.17) is 4.74 Å². The Bertz CT molecular complexity index is 1220. The highest BCUT2D eigenvalue weighted by molar-refractivity contribution is 7.99. The van der Waals surface area contributed by atoms with Gasteiger partial charge >= 0.3 is 0 Å². The van der Waals surface area contributed by atoms with Crippen LogP contribution in [-0.4, -0.2) is 64.3 Å². The Morgan fingerprint density at radius 3 is 2.72 bits per heavy atom. The van der Waals surface area contributed by atoms with Crippen LogP contribution in [0.15, 0.2) is 29.4 Å². The van der Waals surface area contributed by atoms with Crippen LogP contribution < -0.4 is 4.74 Å². The molecule has 5 atom stereocenters. The SMILES string of the molecule is C[C@@H]([C@H]1C[C@@H]2CC[C@@H]1C2)n1c(COc2ccccc2F)nnc1SCC(=O)N(C)[C@@H]1CCS(=O)(=O)C1. The van der Waals surface area contributed by atoms with Crippen molar-refractivity contribution in [1.29, 1.82) is 0 Å². The molecule has 1 aliphatic heterocycles. The molecule has 1 amide bonds. The van der Waals surface area contributed by atoms with Crippen LogP contribution in [0.4, 0.5) is 4.39 Å². The number of hydrogen-bond donors (Lipinski definition) is 0. The summed E-state index contributed by atoms with van der Waals surface area (Å²) in [7, 11) is -1.40. The molecule has 3 aliphatic rings. The normalized spacial score (nSPS) is 27.3. The van der Waals surface area contributed by atoms with Crippen LogP contribution >= 0.6 is 11.8 Å². The van der Waals surface area contributed by atoms with Crippen molar-refractivity contribution < 1.29 is 22.3 Å². The summed E-state index contributed by atoms with van der Waals surface area (Å²) in [6.07, 6.45) is 5.48. The Morgan fingerprint density at radius 1 is 1.25 bits per heavy atom. The minimum Gasteiger partial charge on any atom is -0.483 e. The van der Waals surface area contributed by atoms with E-state index in [1.165, 1.54) is 43.5 Å². The van der Waals surface area contributed by atoms with Crippen LogP contribution in [0.5, 0.6) is 5.75 Å². The van der Waals surface area contributed by atoms with E-state index >= 15 is 0 Å². The number of fused-ring (bicyclic) bond motifs is 2. The van der Waals surface area contributed by atoms with Crippen LogP contribution in [0, 0.1) is 23.6 Å². The molecule has 0 unspecified atom stereocenters. The summed E-state index contributed by atoms with van der Waals surface area (Å²) in [6.45, 7) is 2.26. The maximum absolute atomic E-state index is 14.1. The lowest BCUT2D eigenvalue weighted by molar-refractivity contribution is -0.128. The van der Waals surface area contributed by atoms with Crippen molar-refractivity contribution in [3.63, 3.8) is 0 Å². The zero-order valence-corrected chi connectivity index (χ0v) is 22.3. The number of rotatable bonds is 9. The van der Waals surface area contributed by atoms with E-state index in [9.17, 15) is 17.6 Å². The molecule has 2 heterocycles. The van der Waals surface area contributed by atoms with Gasteiger partial charge in [-0.15, -0.1) is 10.2 Å². The highest BCUT2D eigenvalue weighted by Crippen LogP contribution is 2.52. The lowest BCUT2D eigenvalue weighted by Crippen LogP contribution is -2.38. The van der Waals surface area contributed by atoms with E-state index in [0.717, 1.165) is 5.92 Å². The average molecular weight is 537 g/mol. The van der Waals surface area contributed by atoms with Gasteiger partial charge in [-0.25, -0.2) is 12.8 Å². The van der Waals surface area contributed by atoms with Crippen molar-refractivity contribution in [1.82, 2.24) is 19.7 Å². The molecule has 0 spiro atoms. The van der Waals surface area contributed by atoms with Gasteiger partial charge in [0, 0.05) is 19.1 Å². The number of carbonyl (C=O) groups is 1. The third-order valence-electron chi connectivity index (χ3n) is 8.22. The summed E-state index contributed by atoms with van der Waals surface area (Å²) in [5, 5.41) is 9.41.